The molecule has 0 saturated heterocycles. The summed E-state index contributed by atoms with van der Waals surface area (Å²) < 4.78 is 0. The van der Waals surface area contributed by atoms with E-state index in [-0.39, 0.29) is 11.3 Å². The quantitative estimate of drug-likeness (QED) is 0.743. The summed E-state index contributed by atoms with van der Waals surface area (Å²) >= 11 is 0. The van der Waals surface area contributed by atoms with Crippen molar-refractivity contribution < 1.29 is 4.79 Å². The van der Waals surface area contributed by atoms with Crippen LogP contribution < -0.4 is 11.1 Å². The number of carbonyl (C=O) groups is 1. The second-order valence-electron chi connectivity index (χ2n) is 6.70. The highest BCUT2D eigenvalue weighted by Crippen LogP contribution is 2.18. The van der Waals surface area contributed by atoms with E-state index in [1.165, 1.54) is 0 Å². The zero-order chi connectivity index (χ0) is 15.2. The maximum atomic E-state index is 12.1. The van der Waals surface area contributed by atoms with Crippen LogP contribution in [0.2, 0.25) is 0 Å². The van der Waals surface area contributed by atoms with Gasteiger partial charge >= 0.3 is 0 Å². The first-order valence-corrected chi connectivity index (χ1v) is 7.34. The summed E-state index contributed by atoms with van der Waals surface area (Å²) in [6, 6.07) is -0.0943. The van der Waals surface area contributed by atoms with Gasteiger partial charge < -0.3 is 16.0 Å². The van der Waals surface area contributed by atoms with E-state index in [2.05, 4.69) is 38.2 Å². The molecule has 0 radical (unpaired) electrons. The van der Waals surface area contributed by atoms with Crippen LogP contribution in [0.3, 0.4) is 0 Å². The van der Waals surface area contributed by atoms with Crippen LogP contribution >= 0.6 is 0 Å². The van der Waals surface area contributed by atoms with E-state index >= 15 is 0 Å². The molecule has 19 heavy (non-hydrogen) atoms. The Morgan fingerprint density at radius 3 is 2.00 bits per heavy atom. The highest BCUT2D eigenvalue weighted by molar-refractivity contribution is 5.82. The molecule has 3 N–H and O–H groups in total. The molecular weight excluding hydrogens is 238 g/mol. The predicted molar refractivity (Wildman–Crippen MR) is 82.0 cm³/mol. The first kappa shape index (κ1) is 18.4. The second kappa shape index (κ2) is 7.85. The largest absolute Gasteiger partial charge is 0.353 e. The highest BCUT2D eigenvalue weighted by atomic mass is 16.2. The smallest absolute Gasteiger partial charge is 0.237 e. The van der Waals surface area contributed by atoms with Crippen molar-refractivity contribution in [2.45, 2.75) is 59.5 Å². The average molecular weight is 271 g/mol. The molecule has 0 saturated carbocycles. The molecular formula is C15H33N3O. The molecule has 0 spiro atoms. The van der Waals surface area contributed by atoms with E-state index in [4.69, 9.17) is 5.73 Å². The van der Waals surface area contributed by atoms with Gasteiger partial charge in [-0.15, -0.1) is 0 Å². The third kappa shape index (κ3) is 5.91. The standard InChI is InChI=1S/C15H33N3O/c1-8-11(9-2)12(18(6)7)10-17-14(19)13(16)15(3,4)5/h11-13H,8-10,16H2,1-7H3,(H,17,19)/t12?,13-/m1/s1. The van der Waals surface area contributed by atoms with Crippen LogP contribution in [0.1, 0.15) is 47.5 Å². The van der Waals surface area contributed by atoms with Crippen molar-refractivity contribution in [1.82, 2.24) is 10.2 Å². The van der Waals surface area contributed by atoms with E-state index in [1.807, 2.05) is 20.8 Å². The fourth-order valence-electron chi connectivity index (χ4n) is 2.31. The van der Waals surface area contributed by atoms with E-state index < -0.39 is 6.04 Å². The fraction of sp³-hybridized carbons (Fsp3) is 0.933. The highest BCUT2D eigenvalue weighted by Gasteiger charge is 2.28. The van der Waals surface area contributed by atoms with Gasteiger partial charge in [0.1, 0.15) is 0 Å². The van der Waals surface area contributed by atoms with E-state index in [9.17, 15) is 4.79 Å². The summed E-state index contributed by atoms with van der Waals surface area (Å²) in [5, 5.41) is 3.01. The Morgan fingerprint density at radius 1 is 1.21 bits per heavy atom. The summed E-state index contributed by atoms with van der Waals surface area (Å²) in [7, 11) is 4.14. The van der Waals surface area contributed by atoms with Gasteiger partial charge in [0.05, 0.1) is 6.04 Å². The van der Waals surface area contributed by atoms with Crippen molar-refractivity contribution >= 4 is 5.91 Å². The monoisotopic (exact) mass is 271 g/mol. The molecule has 0 heterocycles. The summed E-state index contributed by atoms with van der Waals surface area (Å²) in [6.07, 6.45) is 2.25. The zero-order valence-corrected chi connectivity index (χ0v) is 13.8. The number of amides is 1. The van der Waals surface area contributed by atoms with Gasteiger partial charge in [0, 0.05) is 12.6 Å². The molecule has 0 aliphatic rings. The van der Waals surface area contributed by atoms with Crippen LogP contribution in [0, 0.1) is 11.3 Å². The van der Waals surface area contributed by atoms with Crippen molar-refractivity contribution in [2.24, 2.45) is 17.1 Å². The Kier molecular flexibility index (Phi) is 7.60. The van der Waals surface area contributed by atoms with Crippen LogP contribution in [0.4, 0.5) is 0 Å². The predicted octanol–water partition coefficient (Wildman–Crippen LogP) is 1.84. The van der Waals surface area contributed by atoms with Crippen molar-refractivity contribution in [3.63, 3.8) is 0 Å². The maximum Gasteiger partial charge on any atom is 0.237 e. The summed E-state index contributed by atoms with van der Waals surface area (Å²) in [4.78, 5) is 14.3. The van der Waals surface area contributed by atoms with Gasteiger partial charge in [-0.05, 0) is 25.4 Å². The summed E-state index contributed by atoms with van der Waals surface area (Å²) in [6.45, 7) is 11.0. The van der Waals surface area contributed by atoms with Gasteiger partial charge in [-0.3, -0.25) is 4.79 Å². The second-order valence-corrected chi connectivity index (χ2v) is 6.70. The minimum atomic E-state index is -0.461. The van der Waals surface area contributed by atoms with Gasteiger partial charge in [-0.25, -0.2) is 0 Å². The van der Waals surface area contributed by atoms with Crippen LogP contribution in [-0.2, 0) is 4.79 Å². The zero-order valence-electron chi connectivity index (χ0n) is 13.8. The molecule has 0 aliphatic heterocycles. The van der Waals surface area contributed by atoms with Crippen LogP contribution in [0.25, 0.3) is 0 Å². The molecule has 0 rings (SSSR count). The SMILES string of the molecule is CCC(CC)C(CNC(=O)[C@@H](N)C(C)(C)C)N(C)C. The molecule has 0 bridgehead atoms. The van der Waals surface area contributed by atoms with Crippen LogP contribution in [-0.4, -0.2) is 43.5 Å². The third-order valence-electron chi connectivity index (χ3n) is 3.96. The Hall–Kier alpha value is -0.610. The Balaban J connectivity index is 4.53. The molecule has 2 atom stereocenters. The van der Waals surface area contributed by atoms with E-state index in [0.717, 1.165) is 12.8 Å². The molecule has 1 unspecified atom stereocenters. The first-order chi connectivity index (χ1) is 8.65. The number of nitrogens with two attached hydrogens (primary N) is 1. The van der Waals surface area contributed by atoms with Crippen LogP contribution in [0.5, 0.6) is 0 Å². The normalized spacial score (nSPS) is 15.7. The topological polar surface area (TPSA) is 58.4 Å². The average Bonchev–Trinajstić information content (AvgIpc) is 2.31. The molecule has 0 aromatic rings. The minimum absolute atomic E-state index is 0.0506. The Bertz CT molecular complexity index is 267. The van der Waals surface area contributed by atoms with Crippen molar-refractivity contribution in [3.8, 4) is 0 Å². The van der Waals surface area contributed by atoms with Gasteiger partial charge in [0.15, 0.2) is 0 Å². The molecule has 0 aromatic carbocycles. The van der Waals surface area contributed by atoms with Crippen molar-refractivity contribution in [3.05, 3.63) is 0 Å². The molecule has 114 valence electrons. The van der Waals surface area contributed by atoms with Crippen LogP contribution in [0.15, 0.2) is 0 Å². The van der Waals surface area contributed by atoms with Gasteiger partial charge in [-0.1, -0.05) is 47.5 Å². The Morgan fingerprint density at radius 2 is 1.68 bits per heavy atom. The van der Waals surface area contributed by atoms with Crippen molar-refractivity contribution in [2.75, 3.05) is 20.6 Å². The molecule has 4 nitrogen and oxygen atoms in total. The number of likely N-dealkylation sites (N-methyl/N-ethyl adjacent to an activating group) is 1. The minimum Gasteiger partial charge on any atom is -0.353 e. The number of hydrogen-bond donors (Lipinski definition) is 2. The lowest BCUT2D eigenvalue weighted by Crippen LogP contribution is -2.52. The van der Waals surface area contributed by atoms with Gasteiger partial charge in [-0.2, -0.15) is 0 Å². The molecule has 1 amide bonds. The fourth-order valence-corrected chi connectivity index (χ4v) is 2.31. The number of nitrogens with zero attached hydrogens (tertiary/aromatic N) is 1. The number of nitrogens with one attached hydrogen (secondary N) is 1. The van der Waals surface area contributed by atoms with E-state index in [0.29, 0.717) is 18.5 Å². The molecule has 0 aliphatic carbocycles. The van der Waals surface area contributed by atoms with Gasteiger partial charge in [0.25, 0.3) is 0 Å². The number of hydrogen-bond acceptors (Lipinski definition) is 3. The van der Waals surface area contributed by atoms with Crippen molar-refractivity contribution in [1.29, 1.82) is 0 Å². The van der Waals surface area contributed by atoms with Gasteiger partial charge in [0.2, 0.25) is 5.91 Å². The first-order valence-electron chi connectivity index (χ1n) is 7.34. The maximum absolute atomic E-state index is 12.1. The third-order valence-corrected chi connectivity index (χ3v) is 3.96. The number of rotatable bonds is 7. The lowest BCUT2D eigenvalue weighted by Gasteiger charge is -2.33. The summed E-state index contributed by atoms with van der Waals surface area (Å²) in [5.74, 6) is 0.548. The summed E-state index contributed by atoms with van der Waals surface area (Å²) in [5.41, 5.74) is 5.77. The molecule has 0 aromatic heterocycles. The van der Waals surface area contributed by atoms with E-state index in [1.54, 1.807) is 0 Å². The Labute approximate surface area is 119 Å². The molecule has 4 heteroatoms. The molecule has 0 fully saturated rings. The lowest BCUT2D eigenvalue weighted by atomic mass is 9.86. The lowest BCUT2D eigenvalue weighted by molar-refractivity contribution is -0.124. The number of carbonyl (C=O) groups excluding carboxylic acids is 1.